The van der Waals surface area contributed by atoms with Gasteiger partial charge in [0.2, 0.25) is 5.91 Å². The fourth-order valence-electron chi connectivity index (χ4n) is 1.00. The molecule has 11 nitrogen and oxygen atoms in total. The van der Waals surface area contributed by atoms with Gasteiger partial charge in [0, 0.05) is 20.4 Å². The molecule has 0 saturated heterocycles. The van der Waals surface area contributed by atoms with Crippen LogP contribution in [0.15, 0.2) is 0 Å². The van der Waals surface area contributed by atoms with Crippen LogP contribution in [0.3, 0.4) is 0 Å². The normalized spacial score (nSPS) is 9.36. The van der Waals surface area contributed by atoms with Crippen molar-refractivity contribution in [1.82, 2.24) is 4.90 Å². The average molecular weight is 534 g/mol. The van der Waals surface area contributed by atoms with Gasteiger partial charge in [0.15, 0.2) is 0 Å². The summed E-state index contributed by atoms with van der Waals surface area (Å²) < 4.78 is 38.4. The van der Waals surface area contributed by atoms with Gasteiger partial charge in [0.25, 0.3) is 0 Å². The quantitative estimate of drug-likeness (QED) is 0.198. The second-order valence-corrected chi connectivity index (χ2v) is 4.53. The summed E-state index contributed by atoms with van der Waals surface area (Å²) in [6, 6.07) is 0. The van der Waals surface area contributed by atoms with Crippen molar-refractivity contribution < 1.29 is 80.2 Å². The molecule has 1 atom stereocenters. The standard InChI is InChI=1S/C7H14NO2.C5H10O4.2Mo.4O/c1-3-4-8(5-6-9)7(2)10;1-4(7)9-3-5(8)2-6;;;;;;/h9H,1,3-6H2,2H3;5-6,8H,2-3H2,1H3;;;;;;/q-1;;;;;;;. The number of nitrogens with zero attached hydrogens (tertiary/aromatic N) is 1. The van der Waals surface area contributed by atoms with Gasteiger partial charge in [-0.05, 0) is 6.54 Å². The molecule has 1 amide bonds. The van der Waals surface area contributed by atoms with E-state index in [0.717, 1.165) is 0 Å². The number of amides is 1. The van der Waals surface area contributed by atoms with Crippen molar-refractivity contribution in [3.8, 4) is 0 Å². The molecule has 3 N–H and O–H groups in total. The number of aliphatic hydroxyl groups excluding tert-OH is 3. The Morgan fingerprint density at radius 2 is 1.52 bits per heavy atom. The van der Waals surface area contributed by atoms with Crippen LogP contribution in [-0.2, 0) is 64.9 Å². The van der Waals surface area contributed by atoms with Gasteiger partial charge >= 0.3 is 56.5 Å². The summed E-state index contributed by atoms with van der Waals surface area (Å²) in [6.07, 6.45) is -0.256. The number of hydrogen-bond donors (Lipinski definition) is 3. The van der Waals surface area contributed by atoms with Gasteiger partial charge in [-0.3, -0.25) is 9.59 Å². The number of aliphatic hydroxyl groups is 3. The van der Waals surface area contributed by atoms with Crippen LogP contribution in [0.1, 0.15) is 20.3 Å². The van der Waals surface area contributed by atoms with E-state index in [4.69, 9.17) is 28.9 Å². The van der Waals surface area contributed by atoms with E-state index >= 15 is 0 Å². The molecule has 0 aliphatic rings. The van der Waals surface area contributed by atoms with Crippen LogP contribution in [0.5, 0.6) is 0 Å². The molecule has 0 saturated carbocycles. The van der Waals surface area contributed by atoms with Crippen LogP contribution in [0.2, 0.25) is 0 Å². The van der Waals surface area contributed by atoms with Gasteiger partial charge in [0.05, 0.1) is 13.2 Å². The second kappa shape index (κ2) is 28.2. The maximum atomic E-state index is 10.7. The second-order valence-electron chi connectivity index (χ2n) is 3.86. The van der Waals surface area contributed by atoms with E-state index in [-0.39, 0.29) is 25.7 Å². The first-order valence-electron chi connectivity index (χ1n) is 6.63. The molecule has 0 aromatic heterocycles. The summed E-state index contributed by atoms with van der Waals surface area (Å²) in [5, 5.41) is 25.3. The summed E-state index contributed by atoms with van der Waals surface area (Å²) >= 11 is -4.06. The van der Waals surface area contributed by atoms with E-state index in [2.05, 4.69) is 11.7 Å². The molecular weight excluding hydrogens is 510 g/mol. The molecule has 0 aromatic carbocycles. The van der Waals surface area contributed by atoms with Crippen LogP contribution in [0.25, 0.3) is 0 Å². The Labute approximate surface area is 163 Å². The van der Waals surface area contributed by atoms with E-state index in [1.165, 1.54) is 13.8 Å². The molecule has 0 radical (unpaired) electrons. The number of carbonyl (C=O) groups is 2. The third-order valence-corrected chi connectivity index (χ3v) is 1.93. The number of ether oxygens (including phenoxy) is 1. The van der Waals surface area contributed by atoms with Crippen molar-refractivity contribution in [2.75, 3.05) is 32.9 Å². The first kappa shape index (κ1) is 32.1. The van der Waals surface area contributed by atoms with Crippen molar-refractivity contribution in [1.29, 1.82) is 0 Å². The number of rotatable bonds is 7. The molecular formula is C12H24Mo2NO10-. The van der Waals surface area contributed by atoms with Crippen LogP contribution >= 0.6 is 0 Å². The molecule has 0 aliphatic carbocycles. The molecule has 13 heteroatoms. The fourth-order valence-corrected chi connectivity index (χ4v) is 1.00. The fraction of sp³-hybridized carbons (Fsp3) is 0.750. The van der Waals surface area contributed by atoms with Gasteiger partial charge in [-0.25, -0.2) is 0 Å². The van der Waals surface area contributed by atoms with Gasteiger partial charge in [0.1, 0.15) is 12.7 Å². The van der Waals surface area contributed by atoms with Crippen molar-refractivity contribution in [3.05, 3.63) is 6.92 Å². The third kappa shape index (κ3) is 39.8. The first-order chi connectivity index (χ1) is 11.7. The van der Waals surface area contributed by atoms with Crippen LogP contribution in [0.4, 0.5) is 0 Å². The summed E-state index contributed by atoms with van der Waals surface area (Å²) in [4.78, 5) is 22.3. The van der Waals surface area contributed by atoms with Gasteiger partial charge in [-0.1, -0.05) is 0 Å². The zero-order valence-electron chi connectivity index (χ0n) is 14.0. The Kier molecular flexibility index (Phi) is 36.2. The van der Waals surface area contributed by atoms with E-state index in [1.54, 1.807) is 4.90 Å². The van der Waals surface area contributed by atoms with E-state index in [0.29, 0.717) is 19.5 Å². The van der Waals surface area contributed by atoms with Crippen molar-refractivity contribution >= 4 is 11.9 Å². The summed E-state index contributed by atoms with van der Waals surface area (Å²) in [6.45, 7) is 6.92. The van der Waals surface area contributed by atoms with Gasteiger partial charge < -0.3 is 31.9 Å². The Bertz CT molecular complexity index is 377. The average Bonchev–Trinajstić information content (AvgIpc) is 2.54. The van der Waals surface area contributed by atoms with E-state index < -0.39 is 49.1 Å². The van der Waals surface area contributed by atoms with Crippen LogP contribution in [0, 0.1) is 6.92 Å². The maximum absolute atomic E-state index is 10.7. The van der Waals surface area contributed by atoms with Gasteiger partial charge in [-0.2, -0.15) is 6.42 Å². The molecule has 0 aliphatic heterocycles. The van der Waals surface area contributed by atoms with E-state index in [1.807, 2.05) is 0 Å². The minimum absolute atomic E-state index is 0.00213. The zero-order chi connectivity index (χ0) is 20.7. The third-order valence-electron chi connectivity index (χ3n) is 1.93. The summed E-state index contributed by atoms with van der Waals surface area (Å²) in [7, 11) is 0. The van der Waals surface area contributed by atoms with Crippen molar-refractivity contribution in [3.63, 3.8) is 0 Å². The molecule has 0 aromatic rings. The Morgan fingerprint density at radius 1 is 1.08 bits per heavy atom. The number of carbonyl (C=O) groups excluding carboxylic acids is 2. The molecule has 0 rings (SSSR count). The SMILES string of the molecule is CC(=O)OCC(O)CO.[CH2-]CCN(CCO)C(C)=O.[O]=[Mo]=[O].[O]=[Mo]=[O]. The zero-order valence-corrected chi connectivity index (χ0v) is 18.0. The summed E-state index contributed by atoms with van der Waals surface area (Å²) in [5.74, 6) is -0.458. The van der Waals surface area contributed by atoms with Crippen molar-refractivity contribution in [2.45, 2.75) is 26.4 Å². The minimum atomic E-state index is -2.03. The predicted octanol–water partition coefficient (Wildman–Crippen LogP) is -1.53. The van der Waals surface area contributed by atoms with Crippen molar-refractivity contribution in [2.24, 2.45) is 0 Å². The number of esters is 1. The molecule has 0 heterocycles. The molecule has 0 bridgehead atoms. The Morgan fingerprint density at radius 3 is 1.76 bits per heavy atom. The topological polar surface area (TPSA) is 176 Å². The molecule has 0 spiro atoms. The molecule has 25 heavy (non-hydrogen) atoms. The molecule has 150 valence electrons. The summed E-state index contributed by atoms with van der Waals surface area (Å²) in [5.41, 5.74) is 0. The Balaban J connectivity index is -0.000000135. The monoisotopic (exact) mass is 538 g/mol. The van der Waals surface area contributed by atoms with Gasteiger partial charge in [-0.15, -0.1) is 0 Å². The first-order valence-corrected chi connectivity index (χ1v) is 9.91. The van der Waals surface area contributed by atoms with Crippen LogP contribution in [-0.4, -0.2) is 71.1 Å². The number of hydrogen-bond acceptors (Lipinski definition) is 10. The molecule has 1 unspecified atom stereocenters. The van der Waals surface area contributed by atoms with Crippen LogP contribution < -0.4 is 0 Å². The van der Waals surface area contributed by atoms with E-state index in [9.17, 15) is 9.59 Å². The molecule has 0 fully saturated rings. The Hall–Kier alpha value is -0.603. The predicted molar refractivity (Wildman–Crippen MR) is 71.8 cm³/mol.